The molecule has 0 aliphatic heterocycles. The van der Waals surface area contributed by atoms with Crippen LogP contribution in [0.25, 0.3) is 0 Å². The van der Waals surface area contributed by atoms with Crippen LogP contribution in [0.1, 0.15) is 16.7 Å². The molecule has 0 saturated heterocycles. The summed E-state index contributed by atoms with van der Waals surface area (Å²) in [4.78, 5) is 0. The van der Waals surface area contributed by atoms with Crippen molar-refractivity contribution in [3.63, 3.8) is 0 Å². The maximum atomic E-state index is 8.91. The van der Waals surface area contributed by atoms with Crippen molar-refractivity contribution in [2.75, 3.05) is 0 Å². The second-order valence-corrected chi connectivity index (χ2v) is 3.44. The van der Waals surface area contributed by atoms with E-state index in [1.54, 1.807) is 18.2 Å². The van der Waals surface area contributed by atoms with Crippen LogP contribution in [-0.2, 0) is 6.54 Å². The number of thiocarbonyl (C=S) groups is 1. The number of benzene rings is 1. The van der Waals surface area contributed by atoms with Crippen molar-refractivity contribution in [1.82, 2.24) is 5.01 Å². The zero-order valence-electron chi connectivity index (χ0n) is 8.34. The Balaban J connectivity index is 3.17. The van der Waals surface area contributed by atoms with E-state index < -0.39 is 0 Å². The maximum absolute atomic E-state index is 8.91. The lowest BCUT2D eigenvalue weighted by molar-refractivity contribution is 0.436. The van der Waals surface area contributed by atoms with E-state index in [0.29, 0.717) is 16.7 Å². The second-order valence-electron chi connectivity index (χ2n) is 3.02. The highest BCUT2D eigenvalue weighted by molar-refractivity contribution is 7.80. The van der Waals surface area contributed by atoms with Gasteiger partial charge in [-0.2, -0.15) is 10.5 Å². The predicted molar refractivity (Wildman–Crippen MR) is 62.4 cm³/mol. The number of hydrazine groups is 1. The van der Waals surface area contributed by atoms with Crippen molar-refractivity contribution >= 4 is 17.3 Å². The fourth-order valence-electron chi connectivity index (χ4n) is 1.21. The molecule has 0 saturated carbocycles. The largest absolute Gasteiger partial charge is 0.375 e. The fourth-order valence-corrected chi connectivity index (χ4v) is 1.28. The normalized spacial score (nSPS) is 8.94. The van der Waals surface area contributed by atoms with Gasteiger partial charge in [-0.15, -0.1) is 0 Å². The molecule has 1 aromatic carbocycles. The Labute approximate surface area is 98.4 Å². The van der Waals surface area contributed by atoms with Crippen LogP contribution in [-0.4, -0.2) is 10.1 Å². The summed E-state index contributed by atoms with van der Waals surface area (Å²) in [6.45, 7) is 0.141. The van der Waals surface area contributed by atoms with Crippen molar-refractivity contribution in [3.8, 4) is 12.1 Å². The van der Waals surface area contributed by atoms with Crippen molar-refractivity contribution in [2.24, 2.45) is 11.6 Å². The van der Waals surface area contributed by atoms with Crippen LogP contribution in [0, 0.1) is 22.7 Å². The first-order valence-electron chi connectivity index (χ1n) is 4.34. The van der Waals surface area contributed by atoms with Gasteiger partial charge in [0, 0.05) is 5.56 Å². The molecule has 80 valence electrons. The lowest BCUT2D eigenvalue weighted by Crippen LogP contribution is -2.40. The Morgan fingerprint density at radius 1 is 1.31 bits per heavy atom. The number of hydrogen-bond donors (Lipinski definition) is 2. The lowest BCUT2D eigenvalue weighted by Gasteiger charge is -2.17. The van der Waals surface area contributed by atoms with Crippen LogP contribution in [0.5, 0.6) is 0 Å². The molecule has 0 aliphatic carbocycles. The summed E-state index contributed by atoms with van der Waals surface area (Å²) >= 11 is 4.69. The third kappa shape index (κ3) is 2.45. The Morgan fingerprint density at radius 3 is 2.19 bits per heavy atom. The average Bonchev–Trinajstić information content (AvgIpc) is 2.29. The summed E-state index contributed by atoms with van der Waals surface area (Å²) in [6.07, 6.45) is 0. The summed E-state index contributed by atoms with van der Waals surface area (Å²) in [5, 5.41) is 18.9. The molecule has 0 aromatic heterocycles. The lowest BCUT2D eigenvalue weighted by atomic mass is 10.0. The predicted octanol–water partition coefficient (Wildman–Crippen LogP) is 0.349. The van der Waals surface area contributed by atoms with E-state index in [1.807, 2.05) is 12.1 Å². The van der Waals surface area contributed by atoms with Crippen LogP contribution >= 0.6 is 12.2 Å². The highest BCUT2D eigenvalue weighted by Crippen LogP contribution is 2.14. The first-order valence-corrected chi connectivity index (χ1v) is 4.74. The molecule has 0 atom stereocenters. The summed E-state index contributed by atoms with van der Waals surface area (Å²) in [5.74, 6) is 5.54. The van der Waals surface area contributed by atoms with Gasteiger partial charge in [-0.25, -0.2) is 5.84 Å². The molecule has 6 heteroatoms. The highest BCUT2D eigenvalue weighted by Gasteiger charge is 2.11. The Morgan fingerprint density at radius 2 is 1.81 bits per heavy atom. The monoisotopic (exact) mass is 231 g/mol. The molecule has 16 heavy (non-hydrogen) atoms. The van der Waals surface area contributed by atoms with Gasteiger partial charge >= 0.3 is 0 Å². The topological polar surface area (TPSA) is 103 Å². The van der Waals surface area contributed by atoms with Crippen LogP contribution in [0.2, 0.25) is 0 Å². The molecule has 1 aromatic rings. The molecule has 0 spiro atoms. The SMILES string of the molecule is N#Cc1cccc(C#N)c1CN(N)C(N)=S. The molecule has 1 rings (SSSR count). The van der Waals surface area contributed by atoms with Gasteiger partial charge < -0.3 is 5.73 Å². The van der Waals surface area contributed by atoms with Gasteiger partial charge in [-0.3, -0.25) is 5.01 Å². The van der Waals surface area contributed by atoms with Crippen molar-refractivity contribution < 1.29 is 0 Å². The smallest absolute Gasteiger partial charge is 0.180 e. The number of hydrogen-bond acceptors (Lipinski definition) is 4. The summed E-state index contributed by atoms with van der Waals surface area (Å²) in [5.41, 5.74) is 6.65. The highest BCUT2D eigenvalue weighted by atomic mass is 32.1. The quantitative estimate of drug-likeness (QED) is 0.432. The molecule has 0 aliphatic rings. The van der Waals surface area contributed by atoms with E-state index in [1.165, 1.54) is 0 Å². The molecule has 0 heterocycles. The van der Waals surface area contributed by atoms with Gasteiger partial charge in [0.15, 0.2) is 5.11 Å². The van der Waals surface area contributed by atoms with E-state index in [4.69, 9.17) is 22.1 Å². The summed E-state index contributed by atoms with van der Waals surface area (Å²) < 4.78 is 0. The minimum Gasteiger partial charge on any atom is -0.375 e. The van der Waals surface area contributed by atoms with Gasteiger partial charge in [0.2, 0.25) is 0 Å². The van der Waals surface area contributed by atoms with E-state index in [9.17, 15) is 0 Å². The summed E-state index contributed by atoms with van der Waals surface area (Å²) in [7, 11) is 0. The van der Waals surface area contributed by atoms with E-state index >= 15 is 0 Å². The Kier molecular flexibility index (Phi) is 3.78. The second kappa shape index (κ2) is 5.08. The molecule has 0 fully saturated rings. The minimum absolute atomic E-state index is 0.0108. The van der Waals surface area contributed by atoms with Gasteiger partial charge in [0.1, 0.15) is 0 Å². The van der Waals surface area contributed by atoms with Crippen LogP contribution in [0.3, 0.4) is 0 Å². The molecular weight excluding hydrogens is 222 g/mol. The van der Waals surface area contributed by atoms with Gasteiger partial charge in [0.05, 0.1) is 29.8 Å². The third-order valence-electron chi connectivity index (χ3n) is 2.03. The molecule has 4 N–H and O–H groups in total. The van der Waals surface area contributed by atoms with E-state index in [2.05, 4.69) is 12.2 Å². The van der Waals surface area contributed by atoms with E-state index in [-0.39, 0.29) is 11.7 Å². The average molecular weight is 231 g/mol. The molecule has 0 bridgehead atoms. The van der Waals surface area contributed by atoms with Crippen LogP contribution in [0.4, 0.5) is 0 Å². The standard InChI is InChI=1S/C10H9N5S/c11-4-7-2-1-3-8(5-12)9(7)6-15(14)10(13)16/h1-3H,6,14H2,(H2,13,16). The van der Waals surface area contributed by atoms with Gasteiger partial charge in [-0.05, 0) is 24.4 Å². The van der Waals surface area contributed by atoms with Gasteiger partial charge in [-0.1, -0.05) is 6.07 Å². The number of nitrogens with two attached hydrogens (primary N) is 2. The molecular formula is C10H9N5S. The summed E-state index contributed by atoms with van der Waals surface area (Å²) in [6, 6.07) is 8.86. The van der Waals surface area contributed by atoms with Crippen molar-refractivity contribution in [2.45, 2.75) is 6.54 Å². The first kappa shape index (κ1) is 11.9. The van der Waals surface area contributed by atoms with Gasteiger partial charge in [0.25, 0.3) is 0 Å². The maximum Gasteiger partial charge on any atom is 0.180 e. The molecule has 0 unspecified atom stereocenters. The van der Waals surface area contributed by atoms with Crippen molar-refractivity contribution in [3.05, 3.63) is 34.9 Å². The Bertz CT molecular complexity index is 465. The number of nitrogens with zero attached hydrogens (tertiary/aromatic N) is 3. The fraction of sp³-hybridized carbons (Fsp3) is 0.100. The molecule has 0 radical (unpaired) electrons. The van der Waals surface area contributed by atoms with Crippen molar-refractivity contribution in [1.29, 1.82) is 10.5 Å². The molecule has 5 nitrogen and oxygen atoms in total. The van der Waals surface area contributed by atoms with Crippen LogP contribution < -0.4 is 11.6 Å². The minimum atomic E-state index is 0.0108. The zero-order chi connectivity index (χ0) is 12.1. The third-order valence-corrected chi connectivity index (χ3v) is 2.26. The zero-order valence-corrected chi connectivity index (χ0v) is 9.16. The first-order chi connectivity index (χ1) is 7.60. The number of nitriles is 2. The number of rotatable bonds is 2. The molecule has 0 amide bonds. The Hall–Kier alpha value is -2.15. The van der Waals surface area contributed by atoms with Crippen LogP contribution in [0.15, 0.2) is 18.2 Å². The van der Waals surface area contributed by atoms with E-state index in [0.717, 1.165) is 5.01 Å².